The molecule has 1 heterocycles. The van der Waals surface area contributed by atoms with Crippen LogP contribution in [0.1, 0.15) is 22.9 Å². The van der Waals surface area contributed by atoms with Crippen LogP contribution in [0, 0.1) is 6.92 Å². The molecule has 0 aliphatic carbocycles. The van der Waals surface area contributed by atoms with Crippen LogP contribution in [0.15, 0.2) is 30.5 Å². The average Bonchev–Trinajstić information content (AvgIpc) is 2.76. The first-order valence-electron chi connectivity index (χ1n) is 5.95. The van der Waals surface area contributed by atoms with Crippen LogP contribution in [0.3, 0.4) is 0 Å². The number of hydrogen-bond acceptors (Lipinski definition) is 4. The Balaban J connectivity index is 1.83. The number of benzene rings is 1. The molecule has 0 bridgehead atoms. The van der Waals surface area contributed by atoms with Gasteiger partial charge in [0.05, 0.1) is 18.0 Å². The highest BCUT2D eigenvalue weighted by Crippen LogP contribution is 2.12. The van der Waals surface area contributed by atoms with E-state index >= 15 is 0 Å². The van der Waals surface area contributed by atoms with E-state index in [1.54, 1.807) is 10.9 Å². The molecule has 5 heteroatoms. The first-order valence-corrected chi connectivity index (χ1v) is 5.95. The van der Waals surface area contributed by atoms with Gasteiger partial charge in [-0.05, 0) is 12.5 Å². The standard InChI is InChI=1S/C13H18N4O/c1-10-3-5-11(6-4-10)13(18)9-14-7-12-8-15-16-17(12)2/h3-6,8,13-14,18H,7,9H2,1-2H3. The smallest absolute Gasteiger partial charge is 0.0914 e. The summed E-state index contributed by atoms with van der Waals surface area (Å²) >= 11 is 0. The van der Waals surface area contributed by atoms with Crippen molar-refractivity contribution >= 4 is 0 Å². The molecule has 0 aliphatic heterocycles. The molecule has 0 saturated heterocycles. The minimum Gasteiger partial charge on any atom is -0.387 e. The second kappa shape index (κ2) is 5.75. The highest BCUT2D eigenvalue weighted by atomic mass is 16.3. The minimum absolute atomic E-state index is 0.494. The Morgan fingerprint density at radius 2 is 2.06 bits per heavy atom. The van der Waals surface area contributed by atoms with E-state index in [4.69, 9.17) is 0 Å². The number of aliphatic hydroxyl groups excluding tert-OH is 1. The molecule has 96 valence electrons. The van der Waals surface area contributed by atoms with Crippen molar-refractivity contribution in [3.8, 4) is 0 Å². The summed E-state index contributed by atoms with van der Waals surface area (Å²) in [4.78, 5) is 0. The molecule has 1 unspecified atom stereocenters. The Morgan fingerprint density at radius 3 is 2.67 bits per heavy atom. The van der Waals surface area contributed by atoms with Crippen molar-refractivity contribution < 1.29 is 5.11 Å². The Morgan fingerprint density at radius 1 is 1.33 bits per heavy atom. The van der Waals surface area contributed by atoms with Gasteiger partial charge < -0.3 is 10.4 Å². The third kappa shape index (κ3) is 3.15. The monoisotopic (exact) mass is 246 g/mol. The summed E-state index contributed by atoms with van der Waals surface area (Å²) in [5, 5.41) is 20.8. The van der Waals surface area contributed by atoms with Crippen molar-refractivity contribution in [3.05, 3.63) is 47.3 Å². The number of hydrogen-bond donors (Lipinski definition) is 2. The van der Waals surface area contributed by atoms with Crippen LogP contribution in [-0.2, 0) is 13.6 Å². The van der Waals surface area contributed by atoms with E-state index in [9.17, 15) is 5.11 Å². The van der Waals surface area contributed by atoms with Crippen LogP contribution in [0.25, 0.3) is 0 Å². The Bertz CT molecular complexity index is 492. The lowest BCUT2D eigenvalue weighted by molar-refractivity contribution is 0.174. The molecule has 5 nitrogen and oxygen atoms in total. The van der Waals surface area contributed by atoms with Crippen molar-refractivity contribution in [2.75, 3.05) is 6.54 Å². The Hall–Kier alpha value is -1.72. The van der Waals surface area contributed by atoms with Crippen LogP contribution in [-0.4, -0.2) is 26.6 Å². The first kappa shape index (κ1) is 12.7. The zero-order chi connectivity index (χ0) is 13.0. The van der Waals surface area contributed by atoms with Gasteiger partial charge in [0.25, 0.3) is 0 Å². The summed E-state index contributed by atoms with van der Waals surface area (Å²) in [6.45, 7) is 3.18. The Labute approximate surface area is 106 Å². The highest BCUT2D eigenvalue weighted by molar-refractivity contribution is 5.23. The highest BCUT2D eigenvalue weighted by Gasteiger charge is 2.07. The van der Waals surface area contributed by atoms with Gasteiger partial charge in [0, 0.05) is 20.1 Å². The molecule has 1 atom stereocenters. The van der Waals surface area contributed by atoms with E-state index in [1.807, 2.05) is 38.2 Å². The van der Waals surface area contributed by atoms with Crippen LogP contribution in [0.4, 0.5) is 0 Å². The van der Waals surface area contributed by atoms with Crippen molar-refractivity contribution in [3.63, 3.8) is 0 Å². The lowest BCUT2D eigenvalue weighted by Crippen LogP contribution is -2.22. The number of rotatable bonds is 5. The van der Waals surface area contributed by atoms with Gasteiger partial charge in [-0.25, -0.2) is 0 Å². The molecule has 0 saturated carbocycles. The molecule has 1 aromatic carbocycles. The van der Waals surface area contributed by atoms with Gasteiger partial charge in [-0.1, -0.05) is 35.0 Å². The third-order valence-corrected chi connectivity index (χ3v) is 2.91. The van der Waals surface area contributed by atoms with Gasteiger partial charge in [0.2, 0.25) is 0 Å². The average molecular weight is 246 g/mol. The third-order valence-electron chi connectivity index (χ3n) is 2.91. The van der Waals surface area contributed by atoms with Gasteiger partial charge in [-0.15, -0.1) is 5.10 Å². The van der Waals surface area contributed by atoms with Crippen molar-refractivity contribution in [2.24, 2.45) is 7.05 Å². The molecule has 0 spiro atoms. The van der Waals surface area contributed by atoms with Gasteiger partial charge in [0.15, 0.2) is 0 Å². The fourth-order valence-electron chi connectivity index (χ4n) is 1.71. The SMILES string of the molecule is Cc1ccc(C(O)CNCc2cnnn2C)cc1. The summed E-state index contributed by atoms with van der Waals surface area (Å²) in [5.74, 6) is 0. The lowest BCUT2D eigenvalue weighted by Gasteiger charge is -2.12. The van der Waals surface area contributed by atoms with Gasteiger partial charge in [0.1, 0.15) is 0 Å². The molecule has 0 radical (unpaired) electrons. The van der Waals surface area contributed by atoms with E-state index in [-0.39, 0.29) is 0 Å². The predicted molar refractivity (Wildman–Crippen MR) is 68.8 cm³/mol. The topological polar surface area (TPSA) is 63.0 Å². The van der Waals surface area contributed by atoms with Crippen molar-refractivity contribution in [1.82, 2.24) is 20.3 Å². The summed E-state index contributed by atoms with van der Waals surface area (Å²) in [7, 11) is 1.85. The van der Waals surface area contributed by atoms with Crippen LogP contribution in [0.2, 0.25) is 0 Å². The molecular weight excluding hydrogens is 228 g/mol. The van der Waals surface area contributed by atoms with Crippen molar-refractivity contribution in [1.29, 1.82) is 0 Å². The van der Waals surface area contributed by atoms with E-state index in [1.165, 1.54) is 5.56 Å². The summed E-state index contributed by atoms with van der Waals surface area (Å²) in [6, 6.07) is 7.91. The lowest BCUT2D eigenvalue weighted by atomic mass is 10.1. The van der Waals surface area contributed by atoms with E-state index in [0.717, 1.165) is 11.3 Å². The quantitative estimate of drug-likeness (QED) is 0.824. The van der Waals surface area contributed by atoms with Gasteiger partial charge >= 0.3 is 0 Å². The van der Waals surface area contributed by atoms with E-state index < -0.39 is 6.10 Å². The second-order valence-electron chi connectivity index (χ2n) is 4.41. The van der Waals surface area contributed by atoms with Crippen molar-refractivity contribution in [2.45, 2.75) is 19.6 Å². The summed E-state index contributed by atoms with van der Waals surface area (Å²) in [5.41, 5.74) is 3.11. The van der Waals surface area contributed by atoms with Crippen LogP contribution >= 0.6 is 0 Å². The van der Waals surface area contributed by atoms with E-state index in [0.29, 0.717) is 13.1 Å². The van der Waals surface area contributed by atoms with Crippen LogP contribution < -0.4 is 5.32 Å². The number of nitrogens with zero attached hydrogens (tertiary/aromatic N) is 3. The van der Waals surface area contributed by atoms with Crippen LogP contribution in [0.5, 0.6) is 0 Å². The largest absolute Gasteiger partial charge is 0.387 e. The molecule has 1 aromatic heterocycles. The zero-order valence-electron chi connectivity index (χ0n) is 10.7. The second-order valence-corrected chi connectivity index (χ2v) is 4.41. The molecule has 18 heavy (non-hydrogen) atoms. The maximum absolute atomic E-state index is 10.0. The molecule has 2 aromatic rings. The zero-order valence-corrected chi connectivity index (χ0v) is 10.7. The predicted octanol–water partition coefficient (Wildman–Crippen LogP) is 0.947. The number of aliphatic hydroxyl groups is 1. The number of nitrogens with one attached hydrogen (secondary N) is 1. The summed E-state index contributed by atoms with van der Waals surface area (Å²) in [6.07, 6.45) is 1.22. The maximum atomic E-state index is 10.0. The fourth-order valence-corrected chi connectivity index (χ4v) is 1.71. The maximum Gasteiger partial charge on any atom is 0.0914 e. The molecule has 2 N–H and O–H groups in total. The molecule has 2 rings (SSSR count). The number of aromatic nitrogens is 3. The molecular formula is C13H18N4O. The Kier molecular flexibility index (Phi) is 4.07. The molecule has 0 aliphatic rings. The number of aryl methyl sites for hydroxylation is 2. The fraction of sp³-hybridized carbons (Fsp3) is 0.385. The van der Waals surface area contributed by atoms with Gasteiger partial charge in [-0.2, -0.15) is 0 Å². The first-order chi connectivity index (χ1) is 8.66. The van der Waals surface area contributed by atoms with E-state index in [2.05, 4.69) is 15.6 Å². The normalized spacial score (nSPS) is 12.6. The molecule has 0 amide bonds. The minimum atomic E-state index is -0.494. The summed E-state index contributed by atoms with van der Waals surface area (Å²) < 4.78 is 1.71. The molecule has 0 fully saturated rings. The van der Waals surface area contributed by atoms with Gasteiger partial charge in [-0.3, -0.25) is 4.68 Å².